The molecule has 5 heteroatoms. The van der Waals surface area contributed by atoms with Gasteiger partial charge >= 0.3 is 0 Å². The minimum absolute atomic E-state index is 0.00978. The van der Waals surface area contributed by atoms with Crippen molar-refractivity contribution in [2.75, 3.05) is 19.7 Å². The molecule has 2 rings (SSSR count). The average Bonchev–Trinajstić information content (AvgIpc) is 2.29. The molecule has 0 aliphatic carbocycles. The van der Waals surface area contributed by atoms with Gasteiger partial charge in [0.2, 0.25) is 5.91 Å². The maximum atomic E-state index is 12.9. The van der Waals surface area contributed by atoms with Crippen molar-refractivity contribution >= 4 is 5.91 Å². The molecular formula is C13H15F2NO2. The van der Waals surface area contributed by atoms with Crippen LogP contribution in [-0.2, 0) is 11.2 Å². The number of halogens is 2. The molecule has 1 saturated heterocycles. The molecule has 1 aliphatic heterocycles. The third-order valence-corrected chi connectivity index (χ3v) is 3.18. The predicted octanol–water partition coefficient (Wildman–Crippen LogP) is 1.35. The normalized spacial score (nSPS) is 15.6. The molecule has 0 spiro atoms. The molecule has 1 N–H and O–H groups in total. The van der Waals surface area contributed by atoms with Gasteiger partial charge in [0, 0.05) is 32.0 Å². The molecule has 1 fully saturated rings. The molecule has 0 aromatic heterocycles. The Morgan fingerprint density at radius 1 is 1.33 bits per heavy atom. The van der Waals surface area contributed by atoms with E-state index in [2.05, 4.69) is 0 Å². The van der Waals surface area contributed by atoms with Gasteiger partial charge in [0.25, 0.3) is 0 Å². The molecule has 0 radical (unpaired) electrons. The van der Waals surface area contributed by atoms with E-state index in [1.807, 2.05) is 0 Å². The number of hydrogen-bond acceptors (Lipinski definition) is 2. The van der Waals surface area contributed by atoms with Gasteiger partial charge in [-0.25, -0.2) is 8.78 Å². The second-order valence-corrected chi connectivity index (χ2v) is 4.60. The molecule has 98 valence electrons. The van der Waals surface area contributed by atoms with Crippen LogP contribution in [0.3, 0.4) is 0 Å². The van der Waals surface area contributed by atoms with Crippen LogP contribution in [0.1, 0.15) is 12.0 Å². The number of carbonyl (C=O) groups is 1. The molecule has 1 aromatic carbocycles. The summed E-state index contributed by atoms with van der Waals surface area (Å²) in [5.41, 5.74) is 0.612. The monoisotopic (exact) mass is 255 g/mol. The van der Waals surface area contributed by atoms with Crippen molar-refractivity contribution in [1.29, 1.82) is 0 Å². The van der Waals surface area contributed by atoms with Crippen molar-refractivity contribution in [1.82, 2.24) is 4.90 Å². The van der Waals surface area contributed by atoms with Crippen LogP contribution in [0, 0.1) is 17.6 Å². The lowest BCUT2D eigenvalue weighted by Gasteiger charge is -2.38. The fourth-order valence-electron chi connectivity index (χ4n) is 1.99. The van der Waals surface area contributed by atoms with E-state index >= 15 is 0 Å². The largest absolute Gasteiger partial charge is 0.396 e. The molecule has 1 amide bonds. The first-order valence-electron chi connectivity index (χ1n) is 5.92. The minimum atomic E-state index is -0.885. The van der Waals surface area contributed by atoms with Crippen molar-refractivity contribution in [3.63, 3.8) is 0 Å². The predicted molar refractivity (Wildman–Crippen MR) is 61.8 cm³/mol. The van der Waals surface area contributed by atoms with Crippen LogP contribution in [0.4, 0.5) is 8.78 Å². The second kappa shape index (κ2) is 5.44. The number of aliphatic hydroxyl groups is 1. The van der Waals surface area contributed by atoms with Crippen molar-refractivity contribution in [3.05, 3.63) is 35.4 Å². The highest BCUT2D eigenvalue weighted by Gasteiger charge is 2.29. The number of aryl methyl sites for hydroxylation is 1. The lowest BCUT2D eigenvalue weighted by atomic mass is 10.00. The molecule has 18 heavy (non-hydrogen) atoms. The molecule has 0 unspecified atom stereocenters. The van der Waals surface area contributed by atoms with Crippen LogP contribution >= 0.6 is 0 Å². The van der Waals surface area contributed by atoms with Crippen molar-refractivity contribution in [3.8, 4) is 0 Å². The van der Waals surface area contributed by atoms with E-state index in [0.29, 0.717) is 25.1 Å². The zero-order valence-electron chi connectivity index (χ0n) is 9.90. The average molecular weight is 255 g/mol. The summed E-state index contributed by atoms with van der Waals surface area (Å²) in [6.45, 7) is 1.28. The Hall–Kier alpha value is -1.49. The van der Waals surface area contributed by atoms with E-state index in [1.165, 1.54) is 6.07 Å². The number of carbonyl (C=O) groups excluding carboxylic acids is 1. The lowest BCUT2D eigenvalue weighted by molar-refractivity contribution is -0.138. The number of rotatable bonds is 4. The Balaban J connectivity index is 1.81. The number of amides is 1. The van der Waals surface area contributed by atoms with Crippen molar-refractivity contribution < 1.29 is 18.7 Å². The summed E-state index contributed by atoms with van der Waals surface area (Å²) in [5, 5.41) is 8.83. The van der Waals surface area contributed by atoms with Crippen LogP contribution in [-0.4, -0.2) is 35.6 Å². The summed E-state index contributed by atoms with van der Waals surface area (Å²) >= 11 is 0. The fraction of sp³-hybridized carbons (Fsp3) is 0.462. The summed E-state index contributed by atoms with van der Waals surface area (Å²) in [7, 11) is 0. The van der Waals surface area contributed by atoms with Gasteiger partial charge in [0.05, 0.1) is 0 Å². The van der Waals surface area contributed by atoms with Crippen LogP contribution in [0.5, 0.6) is 0 Å². The highest BCUT2D eigenvalue weighted by atomic mass is 19.2. The lowest BCUT2D eigenvalue weighted by Crippen LogP contribution is -2.51. The topological polar surface area (TPSA) is 40.5 Å². The van der Waals surface area contributed by atoms with Gasteiger partial charge in [-0.15, -0.1) is 0 Å². The van der Waals surface area contributed by atoms with Gasteiger partial charge in [-0.3, -0.25) is 4.79 Å². The van der Waals surface area contributed by atoms with Crippen molar-refractivity contribution in [2.24, 2.45) is 5.92 Å². The van der Waals surface area contributed by atoms with Crippen LogP contribution in [0.25, 0.3) is 0 Å². The Morgan fingerprint density at radius 3 is 2.67 bits per heavy atom. The number of hydrogen-bond donors (Lipinski definition) is 1. The molecule has 1 heterocycles. The van der Waals surface area contributed by atoms with Crippen LogP contribution in [0.2, 0.25) is 0 Å². The van der Waals surface area contributed by atoms with E-state index in [4.69, 9.17) is 5.11 Å². The Morgan fingerprint density at radius 2 is 2.06 bits per heavy atom. The fourth-order valence-corrected chi connectivity index (χ4v) is 1.99. The first-order chi connectivity index (χ1) is 8.60. The third-order valence-electron chi connectivity index (χ3n) is 3.18. The summed E-state index contributed by atoms with van der Waals surface area (Å²) in [6.07, 6.45) is 0.680. The maximum absolute atomic E-state index is 12.9. The number of aliphatic hydroxyl groups excluding tert-OH is 1. The van der Waals surface area contributed by atoms with Gasteiger partial charge in [-0.05, 0) is 24.1 Å². The van der Waals surface area contributed by atoms with Gasteiger partial charge < -0.3 is 10.0 Å². The Bertz CT molecular complexity index is 445. The smallest absolute Gasteiger partial charge is 0.222 e. The molecule has 0 atom stereocenters. The van der Waals surface area contributed by atoms with E-state index in [9.17, 15) is 13.6 Å². The van der Waals surface area contributed by atoms with Crippen molar-refractivity contribution in [2.45, 2.75) is 12.8 Å². The quantitative estimate of drug-likeness (QED) is 0.882. The van der Waals surface area contributed by atoms with Gasteiger partial charge in [-0.2, -0.15) is 0 Å². The SMILES string of the molecule is O=C(CCc1ccc(F)c(F)c1)N1CC(CO)C1. The standard InChI is InChI=1S/C13H15F2NO2/c14-11-3-1-9(5-12(11)15)2-4-13(18)16-6-10(7-16)8-17/h1,3,5,10,17H,2,4,6-8H2. The summed E-state index contributed by atoms with van der Waals surface area (Å²) in [6, 6.07) is 3.67. The minimum Gasteiger partial charge on any atom is -0.396 e. The Labute approximate surface area is 104 Å². The Kier molecular flexibility index (Phi) is 3.91. The second-order valence-electron chi connectivity index (χ2n) is 4.60. The number of likely N-dealkylation sites (tertiary alicyclic amines) is 1. The zero-order chi connectivity index (χ0) is 13.1. The highest BCUT2D eigenvalue weighted by molar-refractivity contribution is 5.77. The summed E-state index contributed by atoms with van der Waals surface area (Å²) in [5.74, 6) is -1.58. The molecule has 1 aromatic rings. The maximum Gasteiger partial charge on any atom is 0.222 e. The van der Waals surface area contributed by atoms with E-state index < -0.39 is 11.6 Å². The van der Waals surface area contributed by atoms with Crippen LogP contribution < -0.4 is 0 Å². The molecule has 0 bridgehead atoms. The molecule has 3 nitrogen and oxygen atoms in total. The number of benzene rings is 1. The number of nitrogens with zero attached hydrogens (tertiary/aromatic N) is 1. The van der Waals surface area contributed by atoms with Crippen LogP contribution in [0.15, 0.2) is 18.2 Å². The third kappa shape index (κ3) is 2.85. The summed E-state index contributed by atoms with van der Waals surface area (Å²) < 4.78 is 25.6. The highest BCUT2D eigenvalue weighted by Crippen LogP contribution is 2.17. The van der Waals surface area contributed by atoms with E-state index in [0.717, 1.165) is 12.1 Å². The van der Waals surface area contributed by atoms with Gasteiger partial charge in [-0.1, -0.05) is 6.07 Å². The van der Waals surface area contributed by atoms with E-state index in [-0.39, 0.29) is 24.9 Å². The van der Waals surface area contributed by atoms with E-state index in [1.54, 1.807) is 4.90 Å². The molecular weight excluding hydrogens is 240 g/mol. The van der Waals surface area contributed by atoms with Gasteiger partial charge in [0.1, 0.15) is 0 Å². The molecule has 1 aliphatic rings. The first-order valence-corrected chi connectivity index (χ1v) is 5.92. The first kappa shape index (κ1) is 13.0. The zero-order valence-corrected chi connectivity index (χ0v) is 9.90. The summed E-state index contributed by atoms with van der Waals surface area (Å²) in [4.78, 5) is 13.4. The molecule has 0 saturated carbocycles. The van der Waals surface area contributed by atoms with Gasteiger partial charge in [0.15, 0.2) is 11.6 Å².